The third-order valence-corrected chi connectivity index (χ3v) is 6.23. The largest absolute Gasteiger partial charge is 0.333 e. The SMILES string of the molecule is C[C@H]1[C@H](/C=C/c2ccc(-c3ccccc3C#N)cn2)[C@@H]2NC(=O)N[C@@H]2C[C@@H]1C. The number of hydrogen-bond acceptors (Lipinski definition) is 3. The van der Waals surface area contributed by atoms with E-state index in [9.17, 15) is 10.1 Å². The second-order valence-electron chi connectivity index (χ2n) is 7.89. The van der Waals surface area contributed by atoms with Gasteiger partial charge in [-0.1, -0.05) is 44.2 Å². The molecule has 2 aliphatic rings. The van der Waals surface area contributed by atoms with Crippen molar-refractivity contribution in [1.82, 2.24) is 15.6 Å². The summed E-state index contributed by atoms with van der Waals surface area (Å²) < 4.78 is 0. The Morgan fingerprint density at radius 1 is 1.18 bits per heavy atom. The lowest BCUT2D eigenvalue weighted by molar-refractivity contribution is 0.165. The molecule has 1 aliphatic carbocycles. The number of nitrogens with zero attached hydrogens (tertiary/aromatic N) is 2. The average Bonchev–Trinajstić information content (AvgIpc) is 3.08. The zero-order chi connectivity index (χ0) is 19.7. The van der Waals surface area contributed by atoms with Crippen molar-refractivity contribution in [3.63, 3.8) is 0 Å². The Kier molecular flexibility index (Phi) is 4.87. The van der Waals surface area contributed by atoms with Gasteiger partial charge in [0.25, 0.3) is 0 Å². The molecule has 1 aliphatic heterocycles. The fraction of sp³-hybridized carbons (Fsp3) is 0.348. The molecule has 1 aromatic carbocycles. The molecule has 2 fully saturated rings. The van der Waals surface area contributed by atoms with Crippen LogP contribution in [0.15, 0.2) is 48.7 Å². The highest BCUT2D eigenvalue weighted by Gasteiger charge is 2.44. The van der Waals surface area contributed by atoms with E-state index < -0.39 is 0 Å². The van der Waals surface area contributed by atoms with Gasteiger partial charge < -0.3 is 10.6 Å². The van der Waals surface area contributed by atoms with Crippen LogP contribution in [-0.2, 0) is 0 Å². The monoisotopic (exact) mass is 372 g/mol. The number of benzene rings is 1. The molecule has 4 rings (SSSR count). The number of carbonyl (C=O) groups is 1. The number of hydrogen-bond donors (Lipinski definition) is 2. The second kappa shape index (κ2) is 7.47. The number of amides is 2. The van der Waals surface area contributed by atoms with Crippen LogP contribution >= 0.6 is 0 Å². The minimum Gasteiger partial charge on any atom is -0.333 e. The van der Waals surface area contributed by atoms with Crippen molar-refractivity contribution >= 4 is 12.1 Å². The summed E-state index contributed by atoms with van der Waals surface area (Å²) in [6.07, 6.45) is 7.06. The first-order valence-corrected chi connectivity index (χ1v) is 9.77. The number of pyridine rings is 1. The van der Waals surface area contributed by atoms with E-state index in [4.69, 9.17) is 0 Å². The van der Waals surface area contributed by atoms with Crippen molar-refractivity contribution in [2.75, 3.05) is 0 Å². The molecule has 2 aromatic rings. The number of fused-ring (bicyclic) bond motifs is 1. The lowest BCUT2D eigenvalue weighted by Crippen LogP contribution is -2.48. The highest BCUT2D eigenvalue weighted by atomic mass is 16.2. The second-order valence-corrected chi connectivity index (χ2v) is 7.89. The maximum atomic E-state index is 11.8. The van der Waals surface area contributed by atoms with Gasteiger partial charge in [-0.25, -0.2) is 4.79 Å². The maximum Gasteiger partial charge on any atom is 0.315 e. The fourth-order valence-corrected chi connectivity index (χ4v) is 4.44. The summed E-state index contributed by atoms with van der Waals surface area (Å²) in [5.74, 6) is 1.31. The summed E-state index contributed by atoms with van der Waals surface area (Å²) in [6, 6.07) is 14.0. The minimum atomic E-state index is -0.0617. The topological polar surface area (TPSA) is 77.8 Å². The molecule has 5 atom stereocenters. The standard InChI is InChI=1S/C23H24N4O/c1-14-11-21-22(27-23(28)26-21)19(15(14)2)10-9-18-8-7-17(13-25-18)20-6-4-3-5-16(20)12-24/h3-10,13-15,19,21-22H,11H2,1-2H3,(H2,26,27,28)/b10-9+/t14-,15+,19-,21+,22-/m0/s1. The number of aromatic nitrogens is 1. The molecule has 1 saturated carbocycles. The fourth-order valence-electron chi connectivity index (χ4n) is 4.44. The molecule has 0 unspecified atom stereocenters. The number of urea groups is 1. The molecule has 1 saturated heterocycles. The van der Waals surface area contributed by atoms with Gasteiger partial charge in [-0.15, -0.1) is 0 Å². The van der Waals surface area contributed by atoms with E-state index >= 15 is 0 Å². The van der Waals surface area contributed by atoms with Gasteiger partial charge in [-0.05, 0) is 36.5 Å². The Hall–Kier alpha value is -3.13. The summed E-state index contributed by atoms with van der Waals surface area (Å²) in [7, 11) is 0. The molecular formula is C23H24N4O. The Balaban J connectivity index is 1.54. The third kappa shape index (κ3) is 3.38. The normalized spacial score (nSPS) is 29.0. The van der Waals surface area contributed by atoms with Crippen molar-refractivity contribution in [3.05, 3.63) is 59.9 Å². The molecule has 1 aromatic heterocycles. The Morgan fingerprint density at radius 3 is 2.75 bits per heavy atom. The van der Waals surface area contributed by atoms with Gasteiger partial charge in [0, 0.05) is 23.2 Å². The van der Waals surface area contributed by atoms with E-state index in [1.165, 1.54) is 0 Å². The van der Waals surface area contributed by atoms with Crippen LogP contribution < -0.4 is 10.6 Å². The first-order chi connectivity index (χ1) is 13.6. The smallest absolute Gasteiger partial charge is 0.315 e. The summed E-state index contributed by atoms with van der Waals surface area (Å²) in [4.78, 5) is 16.3. The molecule has 142 valence electrons. The van der Waals surface area contributed by atoms with Crippen LogP contribution in [0.2, 0.25) is 0 Å². The van der Waals surface area contributed by atoms with E-state index in [1.807, 2.05) is 48.7 Å². The quantitative estimate of drug-likeness (QED) is 0.855. The number of nitriles is 1. The van der Waals surface area contributed by atoms with E-state index in [0.29, 0.717) is 17.4 Å². The predicted octanol–water partition coefficient (Wildman–Crippen LogP) is 3.98. The van der Waals surface area contributed by atoms with Crippen LogP contribution in [0.25, 0.3) is 17.2 Å². The van der Waals surface area contributed by atoms with Crippen molar-refractivity contribution in [1.29, 1.82) is 5.26 Å². The lowest BCUT2D eigenvalue weighted by Gasteiger charge is -2.40. The Bertz CT molecular complexity index is 944. The van der Waals surface area contributed by atoms with Crippen LogP contribution in [0.1, 0.15) is 31.5 Å². The number of rotatable bonds is 3. The van der Waals surface area contributed by atoms with Gasteiger partial charge in [0.2, 0.25) is 0 Å². The Labute approximate surface area is 165 Å². The molecule has 0 spiro atoms. The van der Waals surface area contributed by atoms with Crippen molar-refractivity contribution in [3.8, 4) is 17.2 Å². The van der Waals surface area contributed by atoms with E-state index in [1.54, 1.807) is 0 Å². The lowest BCUT2D eigenvalue weighted by atomic mass is 9.69. The van der Waals surface area contributed by atoms with Crippen LogP contribution in [0, 0.1) is 29.1 Å². The summed E-state index contributed by atoms with van der Waals surface area (Å²) in [5.41, 5.74) is 3.34. The molecular weight excluding hydrogens is 348 g/mol. The minimum absolute atomic E-state index is 0.0617. The van der Waals surface area contributed by atoms with Gasteiger partial charge in [-0.3, -0.25) is 4.98 Å². The molecule has 5 heteroatoms. The average molecular weight is 372 g/mol. The van der Waals surface area contributed by atoms with Gasteiger partial charge >= 0.3 is 6.03 Å². The van der Waals surface area contributed by atoms with Crippen LogP contribution in [0.5, 0.6) is 0 Å². The highest BCUT2D eigenvalue weighted by molar-refractivity contribution is 5.77. The highest BCUT2D eigenvalue weighted by Crippen LogP contribution is 2.37. The summed E-state index contributed by atoms with van der Waals surface area (Å²) in [5, 5.41) is 15.4. The van der Waals surface area contributed by atoms with Gasteiger partial charge in [0.15, 0.2) is 0 Å². The molecule has 0 radical (unpaired) electrons. The molecule has 0 bridgehead atoms. The summed E-state index contributed by atoms with van der Waals surface area (Å²) in [6.45, 7) is 4.52. The number of nitrogens with one attached hydrogen (secondary N) is 2. The number of carbonyl (C=O) groups excluding carboxylic acids is 1. The van der Waals surface area contributed by atoms with Gasteiger partial charge in [-0.2, -0.15) is 5.26 Å². The van der Waals surface area contributed by atoms with Crippen LogP contribution in [-0.4, -0.2) is 23.1 Å². The van der Waals surface area contributed by atoms with Gasteiger partial charge in [0.05, 0.1) is 29.4 Å². The maximum absolute atomic E-state index is 11.8. The first kappa shape index (κ1) is 18.2. The first-order valence-electron chi connectivity index (χ1n) is 9.77. The summed E-state index contributed by atoms with van der Waals surface area (Å²) >= 11 is 0. The zero-order valence-corrected chi connectivity index (χ0v) is 16.1. The molecule has 28 heavy (non-hydrogen) atoms. The molecule has 2 amide bonds. The van der Waals surface area contributed by atoms with Crippen LogP contribution in [0.4, 0.5) is 4.79 Å². The van der Waals surface area contributed by atoms with E-state index in [-0.39, 0.29) is 24.0 Å². The van der Waals surface area contributed by atoms with Crippen LogP contribution in [0.3, 0.4) is 0 Å². The Morgan fingerprint density at radius 2 is 2.00 bits per heavy atom. The molecule has 5 nitrogen and oxygen atoms in total. The van der Waals surface area contributed by atoms with Crippen molar-refractivity contribution < 1.29 is 4.79 Å². The third-order valence-electron chi connectivity index (χ3n) is 6.23. The zero-order valence-electron chi connectivity index (χ0n) is 16.1. The molecule has 2 N–H and O–H groups in total. The van der Waals surface area contributed by atoms with E-state index in [2.05, 4.69) is 41.6 Å². The van der Waals surface area contributed by atoms with Gasteiger partial charge in [0.1, 0.15) is 0 Å². The van der Waals surface area contributed by atoms with Crippen molar-refractivity contribution in [2.24, 2.45) is 17.8 Å². The molecule has 2 heterocycles. The van der Waals surface area contributed by atoms with E-state index in [0.717, 1.165) is 23.2 Å². The predicted molar refractivity (Wildman–Crippen MR) is 109 cm³/mol. The van der Waals surface area contributed by atoms with Crippen molar-refractivity contribution in [2.45, 2.75) is 32.4 Å².